The summed E-state index contributed by atoms with van der Waals surface area (Å²) in [6.45, 7) is 17.5. The number of hydrogen-bond donors (Lipinski definition) is 1. The summed E-state index contributed by atoms with van der Waals surface area (Å²) in [5.74, 6) is 3.59. The van der Waals surface area contributed by atoms with E-state index in [9.17, 15) is 5.11 Å². The highest BCUT2D eigenvalue weighted by molar-refractivity contribution is 5.37. The number of fused-ring (bicyclic) bond motifs is 2. The van der Waals surface area contributed by atoms with Crippen LogP contribution in [0.25, 0.3) is 0 Å². The molecule has 178 valence electrons. The summed E-state index contributed by atoms with van der Waals surface area (Å²) in [5.41, 5.74) is 1.22. The molecule has 0 spiro atoms. The van der Waals surface area contributed by atoms with E-state index in [0.29, 0.717) is 22.7 Å². The summed E-state index contributed by atoms with van der Waals surface area (Å²) >= 11 is 0. The summed E-state index contributed by atoms with van der Waals surface area (Å²) in [6, 6.07) is 0. The van der Waals surface area contributed by atoms with E-state index in [0.717, 1.165) is 30.6 Å². The van der Waals surface area contributed by atoms with E-state index in [-0.39, 0.29) is 22.7 Å². The van der Waals surface area contributed by atoms with Gasteiger partial charge < -0.3 is 9.84 Å². The van der Waals surface area contributed by atoms with Crippen molar-refractivity contribution in [2.24, 2.45) is 45.8 Å². The average molecular weight is 431 g/mol. The quantitative estimate of drug-likeness (QED) is 0.461. The van der Waals surface area contributed by atoms with Crippen molar-refractivity contribution in [1.82, 2.24) is 0 Å². The first-order chi connectivity index (χ1) is 14.5. The maximum absolute atomic E-state index is 10.6. The number of hydrogen-bond acceptors (Lipinski definition) is 2. The molecule has 1 N–H and O–H groups in total. The lowest BCUT2D eigenvalue weighted by Gasteiger charge is -2.62. The first-order valence-electron chi connectivity index (χ1n) is 13.9. The molecule has 5 aliphatic rings. The van der Waals surface area contributed by atoms with Gasteiger partial charge in [0.15, 0.2) is 0 Å². The van der Waals surface area contributed by atoms with Crippen LogP contribution in [0.5, 0.6) is 0 Å². The molecule has 10 atom stereocenters. The number of aliphatic hydroxyl groups excluding tert-OH is 1. The second-order valence-corrected chi connectivity index (χ2v) is 14.0. The Morgan fingerprint density at radius 1 is 0.839 bits per heavy atom. The Balaban J connectivity index is 1.42. The van der Waals surface area contributed by atoms with Crippen LogP contribution in [-0.4, -0.2) is 22.4 Å². The van der Waals surface area contributed by atoms with Crippen LogP contribution in [-0.2, 0) is 4.74 Å². The Labute approximate surface area is 192 Å². The van der Waals surface area contributed by atoms with Gasteiger partial charge in [-0.3, -0.25) is 0 Å². The van der Waals surface area contributed by atoms with E-state index >= 15 is 0 Å². The average Bonchev–Trinajstić information content (AvgIpc) is 3.34. The minimum atomic E-state index is -0.104. The minimum absolute atomic E-state index is 0.0986. The topological polar surface area (TPSA) is 32.8 Å². The molecule has 0 bridgehead atoms. The molecule has 0 aromatic heterocycles. The molecule has 5 rings (SSSR count). The van der Waals surface area contributed by atoms with E-state index in [1.165, 1.54) is 57.8 Å². The van der Waals surface area contributed by atoms with Gasteiger partial charge in [0, 0.05) is 10.8 Å². The molecule has 2 nitrogen and oxygen atoms in total. The molecule has 4 saturated carbocycles. The van der Waals surface area contributed by atoms with Gasteiger partial charge in [-0.2, -0.15) is 0 Å². The van der Waals surface area contributed by atoms with Crippen LogP contribution in [0.3, 0.4) is 0 Å². The summed E-state index contributed by atoms with van der Waals surface area (Å²) in [4.78, 5) is 0. The predicted octanol–water partition coefficient (Wildman–Crippen LogP) is 7.38. The first-order valence-corrected chi connectivity index (χ1v) is 13.9. The lowest BCUT2D eigenvalue weighted by molar-refractivity contribution is -0.126. The van der Waals surface area contributed by atoms with Crippen molar-refractivity contribution < 1.29 is 9.84 Å². The van der Waals surface area contributed by atoms with Gasteiger partial charge in [0.05, 0.1) is 6.10 Å². The highest BCUT2D eigenvalue weighted by Crippen LogP contribution is 2.85. The molecular weight excluding hydrogens is 380 g/mol. The Bertz CT molecular complexity index is 718. The molecule has 3 unspecified atom stereocenters. The normalized spacial score (nSPS) is 56.4. The Hall–Kier alpha value is -0.0800. The molecule has 5 fully saturated rings. The van der Waals surface area contributed by atoms with E-state index < -0.39 is 0 Å². The van der Waals surface area contributed by atoms with Gasteiger partial charge >= 0.3 is 0 Å². The van der Waals surface area contributed by atoms with Crippen molar-refractivity contribution in [3.05, 3.63) is 0 Å². The van der Waals surface area contributed by atoms with Gasteiger partial charge in [0.25, 0.3) is 0 Å². The highest BCUT2D eigenvalue weighted by atomic mass is 16.6. The van der Waals surface area contributed by atoms with Crippen LogP contribution in [0, 0.1) is 45.8 Å². The predicted molar refractivity (Wildman–Crippen MR) is 128 cm³/mol. The SMILES string of the molecule is CC(C)CCCC(C)C1CC[C@@]2(C)[C@@]34CCC5[C@H](C)[C@@H](O)CC[C@]5(C)[C@]3(CC[C@]12C)O4. The van der Waals surface area contributed by atoms with Crippen molar-refractivity contribution in [2.75, 3.05) is 0 Å². The summed E-state index contributed by atoms with van der Waals surface area (Å²) < 4.78 is 7.21. The van der Waals surface area contributed by atoms with Crippen LogP contribution < -0.4 is 0 Å². The fourth-order valence-electron chi connectivity index (χ4n) is 10.6. The van der Waals surface area contributed by atoms with Crippen LogP contribution in [0.15, 0.2) is 0 Å². The van der Waals surface area contributed by atoms with E-state index in [2.05, 4.69) is 48.5 Å². The third-order valence-electron chi connectivity index (χ3n) is 12.8. The molecule has 1 heterocycles. The maximum atomic E-state index is 10.6. The van der Waals surface area contributed by atoms with Crippen molar-refractivity contribution >= 4 is 0 Å². The van der Waals surface area contributed by atoms with E-state index in [1.807, 2.05) is 0 Å². The molecule has 2 heteroatoms. The second kappa shape index (κ2) is 6.97. The molecule has 0 aromatic rings. The van der Waals surface area contributed by atoms with Gasteiger partial charge in [-0.05, 0) is 86.4 Å². The van der Waals surface area contributed by atoms with Crippen LogP contribution in [0.1, 0.15) is 119 Å². The minimum Gasteiger partial charge on any atom is -0.393 e. The number of aliphatic hydroxyl groups is 1. The zero-order chi connectivity index (χ0) is 22.4. The summed E-state index contributed by atoms with van der Waals surface area (Å²) in [5, 5.41) is 10.6. The lowest BCUT2D eigenvalue weighted by Crippen LogP contribution is -2.64. The standard InChI is InChI=1S/C29H50O2/c1-19(2)9-8-10-20(3)22-11-15-27(7)25(22,5)17-18-28-26(6)14-13-24(30)21(4)23(26)12-16-29(27,28)31-28/h19-24,30H,8-18H2,1-7H3/t20?,21-,22?,23?,24-,25+,26-,27+,28-,29-/m0/s1. The molecule has 1 saturated heterocycles. The molecule has 0 aromatic carbocycles. The number of ether oxygens (including phenoxy) is 1. The summed E-state index contributed by atoms with van der Waals surface area (Å²) in [7, 11) is 0. The maximum Gasteiger partial charge on any atom is 0.104 e. The number of rotatable bonds is 5. The Morgan fingerprint density at radius 3 is 2.29 bits per heavy atom. The number of epoxide rings is 1. The highest BCUT2D eigenvalue weighted by Gasteiger charge is 2.89. The lowest BCUT2D eigenvalue weighted by atomic mass is 9.39. The van der Waals surface area contributed by atoms with Crippen molar-refractivity contribution in [2.45, 2.75) is 136 Å². The zero-order valence-corrected chi connectivity index (χ0v) is 21.6. The molecule has 1 aliphatic heterocycles. The third kappa shape index (κ3) is 2.59. The zero-order valence-electron chi connectivity index (χ0n) is 21.6. The van der Waals surface area contributed by atoms with Crippen molar-refractivity contribution in [3.63, 3.8) is 0 Å². The van der Waals surface area contributed by atoms with Crippen molar-refractivity contribution in [3.8, 4) is 0 Å². The Kier molecular flexibility index (Phi) is 5.10. The molecule has 31 heavy (non-hydrogen) atoms. The largest absolute Gasteiger partial charge is 0.393 e. The first kappa shape index (κ1) is 22.7. The monoisotopic (exact) mass is 430 g/mol. The van der Waals surface area contributed by atoms with Crippen LogP contribution >= 0.6 is 0 Å². The fraction of sp³-hybridized carbons (Fsp3) is 1.00. The van der Waals surface area contributed by atoms with Crippen LogP contribution in [0.2, 0.25) is 0 Å². The van der Waals surface area contributed by atoms with E-state index in [1.54, 1.807) is 0 Å². The van der Waals surface area contributed by atoms with Crippen LogP contribution in [0.4, 0.5) is 0 Å². The van der Waals surface area contributed by atoms with Gasteiger partial charge in [0.1, 0.15) is 11.2 Å². The third-order valence-corrected chi connectivity index (χ3v) is 12.8. The van der Waals surface area contributed by atoms with Crippen molar-refractivity contribution in [1.29, 1.82) is 0 Å². The second-order valence-electron chi connectivity index (χ2n) is 14.0. The summed E-state index contributed by atoms with van der Waals surface area (Å²) in [6.07, 6.45) is 14.1. The van der Waals surface area contributed by atoms with Gasteiger partial charge in [-0.1, -0.05) is 67.7 Å². The van der Waals surface area contributed by atoms with Gasteiger partial charge in [-0.25, -0.2) is 0 Å². The van der Waals surface area contributed by atoms with E-state index in [4.69, 9.17) is 4.74 Å². The smallest absolute Gasteiger partial charge is 0.104 e. The van der Waals surface area contributed by atoms with Gasteiger partial charge in [0.2, 0.25) is 0 Å². The molecule has 0 amide bonds. The molecule has 4 aliphatic carbocycles. The van der Waals surface area contributed by atoms with Gasteiger partial charge in [-0.15, -0.1) is 0 Å². The molecule has 0 radical (unpaired) electrons. The molecular formula is C29H50O2. The Morgan fingerprint density at radius 2 is 1.58 bits per heavy atom. The fourth-order valence-corrected chi connectivity index (χ4v) is 10.6.